The van der Waals surface area contributed by atoms with Gasteiger partial charge >= 0.3 is 0 Å². The van der Waals surface area contributed by atoms with Gasteiger partial charge in [-0.1, -0.05) is 30.3 Å². The first kappa shape index (κ1) is 15.1. The largest absolute Gasteiger partial charge is 0.496 e. The van der Waals surface area contributed by atoms with E-state index in [4.69, 9.17) is 25.8 Å². The highest BCUT2D eigenvalue weighted by Crippen LogP contribution is 2.42. The van der Waals surface area contributed by atoms with Crippen LogP contribution in [0.1, 0.15) is 12.5 Å². The van der Waals surface area contributed by atoms with Crippen molar-refractivity contribution in [1.82, 2.24) is 0 Å². The smallest absolute Gasteiger partial charge is 0.215 e. The SMILES string of the molecule is COc1ccc2ccccc2c1C(OC)(OC)C(C)Cl. The van der Waals surface area contributed by atoms with Crippen molar-refractivity contribution >= 4 is 22.4 Å². The molecule has 108 valence electrons. The second-order valence-corrected chi connectivity index (χ2v) is 5.21. The predicted octanol–water partition coefficient (Wildman–Crippen LogP) is 3.92. The third kappa shape index (κ3) is 2.26. The van der Waals surface area contributed by atoms with Crippen molar-refractivity contribution in [2.45, 2.75) is 18.1 Å². The molecule has 1 atom stereocenters. The van der Waals surface area contributed by atoms with Gasteiger partial charge in [0.05, 0.1) is 18.1 Å². The zero-order chi connectivity index (χ0) is 14.8. The number of methoxy groups -OCH3 is 3. The van der Waals surface area contributed by atoms with Crippen LogP contribution < -0.4 is 4.74 Å². The average molecular weight is 295 g/mol. The molecule has 0 aliphatic heterocycles. The van der Waals surface area contributed by atoms with Gasteiger partial charge in [-0.3, -0.25) is 0 Å². The molecular weight excluding hydrogens is 276 g/mol. The second kappa shape index (κ2) is 6.00. The van der Waals surface area contributed by atoms with E-state index < -0.39 is 11.2 Å². The van der Waals surface area contributed by atoms with Gasteiger partial charge < -0.3 is 14.2 Å². The molecule has 0 aliphatic rings. The molecule has 0 saturated carbocycles. The van der Waals surface area contributed by atoms with Crippen LogP contribution >= 0.6 is 11.6 Å². The van der Waals surface area contributed by atoms with E-state index in [1.54, 1.807) is 21.3 Å². The minimum atomic E-state index is -1.06. The first-order valence-corrected chi connectivity index (χ1v) is 6.85. The Morgan fingerprint density at radius 1 is 1.00 bits per heavy atom. The van der Waals surface area contributed by atoms with Gasteiger partial charge in [-0.05, 0) is 23.8 Å². The molecule has 0 bridgehead atoms. The van der Waals surface area contributed by atoms with Gasteiger partial charge in [0.25, 0.3) is 0 Å². The summed E-state index contributed by atoms with van der Waals surface area (Å²) in [7, 11) is 4.80. The summed E-state index contributed by atoms with van der Waals surface area (Å²) in [6.07, 6.45) is 0. The van der Waals surface area contributed by atoms with Crippen molar-refractivity contribution in [2.24, 2.45) is 0 Å². The van der Waals surface area contributed by atoms with E-state index in [0.717, 1.165) is 16.3 Å². The molecule has 4 heteroatoms. The first-order chi connectivity index (χ1) is 9.60. The lowest BCUT2D eigenvalue weighted by atomic mass is 9.94. The van der Waals surface area contributed by atoms with Crippen LogP contribution in [-0.2, 0) is 15.3 Å². The Morgan fingerprint density at radius 2 is 1.65 bits per heavy atom. The summed E-state index contributed by atoms with van der Waals surface area (Å²) in [4.78, 5) is 0. The van der Waals surface area contributed by atoms with E-state index in [1.807, 2.05) is 43.3 Å². The molecule has 0 saturated heterocycles. The van der Waals surface area contributed by atoms with Gasteiger partial charge in [0.2, 0.25) is 5.79 Å². The summed E-state index contributed by atoms with van der Waals surface area (Å²) in [6, 6.07) is 11.9. The molecular formula is C16H19ClO3. The third-order valence-electron chi connectivity index (χ3n) is 3.59. The molecule has 3 nitrogen and oxygen atoms in total. The lowest BCUT2D eigenvalue weighted by Crippen LogP contribution is -2.39. The second-order valence-electron chi connectivity index (χ2n) is 4.56. The van der Waals surface area contributed by atoms with E-state index in [1.165, 1.54) is 0 Å². The van der Waals surface area contributed by atoms with E-state index in [-0.39, 0.29) is 0 Å². The van der Waals surface area contributed by atoms with Gasteiger partial charge in [-0.25, -0.2) is 0 Å². The highest BCUT2D eigenvalue weighted by Gasteiger charge is 2.41. The summed E-state index contributed by atoms with van der Waals surface area (Å²) in [5.41, 5.74) is 0.811. The number of hydrogen-bond acceptors (Lipinski definition) is 3. The number of ether oxygens (including phenoxy) is 3. The summed E-state index contributed by atoms with van der Waals surface area (Å²) in [5.74, 6) is -0.367. The Morgan fingerprint density at radius 3 is 2.20 bits per heavy atom. The fourth-order valence-corrected chi connectivity index (χ4v) is 2.88. The fraction of sp³-hybridized carbons (Fsp3) is 0.375. The van der Waals surface area contributed by atoms with Gasteiger partial charge in [0.1, 0.15) is 5.75 Å². The van der Waals surface area contributed by atoms with Crippen LogP contribution in [0, 0.1) is 0 Å². The predicted molar refractivity (Wildman–Crippen MR) is 81.5 cm³/mol. The van der Waals surface area contributed by atoms with Crippen LogP contribution in [0.5, 0.6) is 5.75 Å². The lowest BCUT2D eigenvalue weighted by molar-refractivity contribution is -0.214. The number of rotatable bonds is 5. The molecule has 2 rings (SSSR count). The lowest BCUT2D eigenvalue weighted by Gasteiger charge is -2.35. The van der Waals surface area contributed by atoms with E-state index >= 15 is 0 Å². The highest BCUT2D eigenvalue weighted by atomic mass is 35.5. The molecule has 0 amide bonds. The van der Waals surface area contributed by atoms with Gasteiger partial charge in [0.15, 0.2) is 0 Å². The molecule has 1 unspecified atom stereocenters. The Balaban J connectivity index is 2.85. The van der Waals surface area contributed by atoms with Crippen LogP contribution in [0.3, 0.4) is 0 Å². The Bertz CT molecular complexity index is 591. The topological polar surface area (TPSA) is 27.7 Å². The van der Waals surface area contributed by atoms with Crippen LogP contribution in [0.25, 0.3) is 10.8 Å². The monoisotopic (exact) mass is 294 g/mol. The maximum atomic E-state index is 6.36. The summed E-state index contributed by atoms with van der Waals surface area (Å²) in [6.45, 7) is 1.84. The Kier molecular flexibility index (Phi) is 4.53. The van der Waals surface area contributed by atoms with Crippen molar-refractivity contribution in [2.75, 3.05) is 21.3 Å². The summed E-state index contributed by atoms with van der Waals surface area (Å²) < 4.78 is 16.8. The summed E-state index contributed by atoms with van der Waals surface area (Å²) >= 11 is 6.36. The van der Waals surface area contributed by atoms with Crippen LogP contribution in [0.15, 0.2) is 36.4 Å². The van der Waals surface area contributed by atoms with Crippen molar-refractivity contribution in [3.63, 3.8) is 0 Å². The third-order valence-corrected chi connectivity index (χ3v) is 3.88. The molecule has 2 aromatic carbocycles. The molecule has 0 radical (unpaired) electrons. The van der Waals surface area contributed by atoms with Gasteiger partial charge in [0, 0.05) is 14.2 Å². The molecule has 0 heterocycles. The number of alkyl halides is 1. The van der Waals surface area contributed by atoms with Crippen molar-refractivity contribution in [1.29, 1.82) is 0 Å². The van der Waals surface area contributed by atoms with Crippen molar-refractivity contribution < 1.29 is 14.2 Å². The van der Waals surface area contributed by atoms with Gasteiger partial charge in [-0.15, -0.1) is 11.6 Å². The fourth-order valence-electron chi connectivity index (χ4n) is 2.59. The van der Waals surface area contributed by atoms with Crippen LogP contribution in [-0.4, -0.2) is 26.7 Å². The quantitative estimate of drug-likeness (QED) is 0.618. The van der Waals surface area contributed by atoms with E-state index in [2.05, 4.69) is 0 Å². The number of benzene rings is 2. The molecule has 20 heavy (non-hydrogen) atoms. The van der Waals surface area contributed by atoms with Crippen LogP contribution in [0.2, 0.25) is 0 Å². The maximum Gasteiger partial charge on any atom is 0.215 e. The standard InChI is InChI=1S/C16H19ClO3/c1-11(17)16(19-3,20-4)15-13-8-6-5-7-12(13)9-10-14(15)18-2/h5-11H,1-4H3. The minimum absolute atomic E-state index is 0.391. The zero-order valence-electron chi connectivity index (χ0n) is 12.1. The van der Waals surface area contributed by atoms with Crippen molar-refractivity contribution in [3.05, 3.63) is 42.0 Å². The normalized spacial score (nSPS) is 13.4. The Hall–Kier alpha value is -1.29. The zero-order valence-corrected chi connectivity index (χ0v) is 12.9. The molecule has 2 aromatic rings. The molecule has 0 N–H and O–H groups in total. The van der Waals surface area contributed by atoms with E-state index in [9.17, 15) is 0 Å². The number of hydrogen-bond donors (Lipinski definition) is 0. The highest BCUT2D eigenvalue weighted by molar-refractivity contribution is 6.21. The number of halogens is 1. The van der Waals surface area contributed by atoms with E-state index in [0.29, 0.717) is 5.75 Å². The Labute approximate surface area is 124 Å². The first-order valence-electron chi connectivity index (χ1n) is 6.41. The minimum Gasteiger partial charge on any atom is -0.496 e. The van der Waals surface area contributed by atoms with Gasteiger partial charge in [-0.2, -0.15) is 0 Å². The molecule has 0 aliphatic carbocycles. The average Bonchev–Trinajstić information content (AvgIpc) is 2.48. The molecule has 0 fully saturated rings. The number of fused-ring (bicyclic) bond motifs is 1. The molecule has 0 spiro atoms. The maximum absolute atomic E-state index is 6.36. The molecule has 0 aromatic heterocycles. The van der Waals surface area contributed by atoms with Crippen LogP contribution in [0.4, 0.5) is 0 Å². The summed E-state index contributed by atoms with van der Waals surface area (Å²) in [5, 5.41) is 1.69. The van der Waals surface area contributed by atoms with Crippen molar-refractivity contribution in [3.8, 4) is 5.75 Å².